The molecule has 3 heteroatoms. The van der Waals surface area contributed by atoms with E-state index in [-0.39, 0.29) is 0 Å². The summed E-state index contributed by atoms with van der Waals surface area (Å²) in [4.78, 5) is 0. The number of nitrogens with zero attached hydrogens (tertiary/aromatic N) is 2. The van der Waals surface area contributed by atoms with Crippen LogP contribution in [0.15, 0.2) is 6.20 Å². The Bertz CT molecular complexity index is 392. The molecule has 3 nitrogen and oxygen atoms in total. The van der Waals surface area contributed by atoms with E-state index in [2.05, 4.69) is 16.2 Å². The molecule has 1 aliphatic carbocycles. The van der Waals surface area contributed by atoms with E-state index >= 15 is 0 Å². The van der Waals surface area contributed by atoms with Crippen molar-refractivity contribution >= 4 is 0 Å². The fourth-order valence-corrected chi connectivity index (χ4v) is 3.04. The van der Waals surface area contributed by atoms with Gasteiger partial charge in [0, 0.05) is 36.8 Å². The molecule has 0 aromatic carbocycles. The van der Waals surface area contributed by atoms with Crippen molar-refractivity contribution in [2.45, 2.75) is 50.7 Å². The molecule has 2 fully saturated rings. The minimum atomic E-state index is 0.617. The monoisotopic (exact) mass is 203 g/mol. The first-order valence-electron chi connectivity index (χ1n) is 6.21. The largest absolute Gasteiger partial charge is 0.307 e. The molecule has 2 atom stereocenters. The van der Waals surface area contributed by atoms with E-state index in [1.165, 1.54) is 36.9 Å². The van der Waals surface area contributed by atoms with E-state index in [0.717, 1.165) is 18.9 Å². The molecule has 0 radical (unpaired) electrons. The lowest BCUT2D eigenvalue weighted by Gasteiger charge is -2.19. The van der Waals surface area contributed by atoms with Crippen molar-refractivity contribution < 1.29 is 0 Å². The number of hydrogen-bond acceptors (Lipinski definition) is 2. The van der Waals surface area contributed by atoms with Crippen LogP contribution in [-0.2, 0) is 13.0 Å². The van der Waals surface area contributed by atoms with Gasteiger partial charge in [0.2, 0.25) is 0 Å². The van der Waals surface area contributed by atoms with Crippen LogP contribution in [0.2, 0.25) is 0 Å². The Morgan fingerprint density at radius 1 is 1.33 bits per heavy atom. The van der Waals surface area contributed by atoms with Crippen molar-refractivity contribution in [3.05, 3.63) is 17.5 Å². The zero-order chi connectivity index (χ0) is 9.83. The molecular weight excluding hydrogens is 186 g/mol. The van der Waals surface area contributed by atoms with Crippen molar-refractivity contribution in [1.29, 1.82) is 0 Å². The standard InChI is InChI=1S/C12H17N3/c1-2-8(1)6-15-7-10-11-4-3-9(13-11)5-12(10)14-15/h7-9,11,13H,1-6H2/t9-,11-/m1/s1. The number of nitrogens with one attached hydrogen (secondary N) is 1. The maximum Gasteiger partial charge on any atom is 0.0687 e. The summed E-state index contributed by atoms with van der Waals surface area (Å²) >= 11 is 0. The SMILES string of the molecule is c1c2c(nn1CC1CC1)C[C@H]1CC[C@H]2N1. The predicted molar refractivity (Wildman–Crippen MR) is 57.6 cm³/mol. The van der Waals surface area contributed by atoms with Crippen LogP contribution in [0.25, 0.3) is 0 Å². The Kier molecular flexibility index (Phi) is 1.58. The highest BCUT2D eigenvalue weighted by atomic mass is 15.3. The number of rotatable bonds is 2. The smallest absolute Gasteiger partial charge is 0.0687 e. The van der Waals surface area contributed by atoms with Gasteiger partial charge in [-0.15, -0.1) is 0 Å². The van der Waals surface area contributed by atoms with E-state index in [1.807, 2.05) is 0 Å². The summed E-state index contributed by atoms with van der Waals surface area (Å²) in [6.07, 6.45) is 8.93. The van der Waals surface area contributed by atoms with Gasteiger partial charge in [-0.2, -0.15) is 5.10 Å². The topological polar surface area (TPSA) is 29.9 Å². The van der Waals surface area contributed by atoms with Gasteiger partial charge in [0.1, 0.15) is 0 Å². The van der Waals surface area contributed by atoms with Crippen molar-refractivity contribution in [2.75, 3.05) is 0 Å². The lowest BCUT2D eigenvalue weighted by Crippen LogP contribution is -2.31. The first-order valence-corrected chi connectivity index (χ1v) is 6.21. The van der Waals surface area contributed by atoms with Gasteiger partial charge in [-0.1, -0.05) is 0 Å². The van der Waals surface area contributed by atoms with Gasteiger partial charge >= 0.3 is 0 Å². The maximum atomic E-state index is 4.75. The van der Waals surface area contributed by atoms with Crippen molar-refractivity contribution in [2.24, 2.45) is 5.92 Å². The second-order valence-corrected chi connectivity index (χ2v) is 5.39. The van der Waals surface area contributed by atoms with Crippen LogP contribution in [0.1, 0.15) is 43.0 Å². The summed E-state index contributed by atoms with van der Waals surface area (Å²) in [6, 6.07) is 1.33. The van der Waals surface area contributed by atoms with E-state index in [1.54, 1.807) is 0 Å². The lowest BCUT2D eigenvalue weighted by atomic mass is 10.0. The molecule has 1 N–H and O–H groups in total. The van der Waals surface area contributed by atoms with E-state index in [9.17, 15) is 0 Å². The number of fused-ring (bicyclic) bond motifs is 4. The van der Waals surface area contributed by atoms with Crippen molar-refractivity contribution in [1.82, 2.24) is 15.1 Å². The molecule has 2 bridgehead atoms. The quantitative estimate of drug-likeness (QED) is 0.792. The minimum absolute atomic E-state index is 0.617. The first-order chi connectivity index (χ1) is 7.38. The van der Waals surface area contributed by atoms with Crippen LogP contribution in [0.5, 0.6) is 0 Å². The van der Waals surface area contributed by atoms with Crippen molar-refractivity contribution in [3.8, 4) is 0 Å². The second-order valence-electron chi connectivity index (χ2n) is 5.39. The predicted octanol–water partition coefficient (Wildman–Crippen LogP) is 1.64. The van der Waals surface area contributed by atoms with Crippen LogP contribution in [-0.4, -0.2) is 15.8 Å². The average Bonchev–Trinajstić information content (AvgIpc) is 2.81. The van der Waals surface area contributed by atoms with Gasteiger partial charge in [0.05, 0.1) is 5.69 Å². The first kappa shape index (κ1) is 8.34. The molecular formula is C12H17N3. The lowest BCUT2D eigenvalue weighted by molar-refractivity contribution is 0.506. The molecule has 3 heterocycles. The summed E-state index contributed by atoms with van der Waals surface area (Å²) in [5.41, 5.74) is 2.87. The fraction of sp³-hybridized carbons (Fsp3) is 0.750. The van der Waals surface area contributed by atoms with E-state index < -0.39 is 0 Å². The van der Waals surface area contributed by atoms with Gasteiger partial charge in [-0.25, -0.2) is 0 Å². The normalized spacial score (nSPS) is 33.1. The Morgan fingerprint density at radius 2 is 2.27 bits per heavy atom. The molecule has 0 amide bonds. The van der Waals surface area contributed by atoms with E-state index in [0.29, 0.717) is 12.1 Å². The molecule has 15 heavy (non-hydrogen) atoms. The molecule has 2 aliphatic heterocycles. The Morgan fingerprint density at radius 3 is 3.13 bits per heavy atom. The van der Waals surface area contributed by atoms with Crippen LogP contribution in [0.4, 0.5) is 0 Å². The maximum absolute atomic E-state index is 4.75. The van der Waals surface area contributed by atoms with Gasteiger partial charge in [-0.05, 0) is 31.6 Å². The van der Waals surface area contributed by atoms with Crippen LogP contribution < -0.4 is 5.32 Å². The van der Waals surface area contributed by atoms with Crippen molar-refractivity contribution in [3.63, 3.8) is 0 Å². The van der Waals surface area contributed by atoms with Gasteiger partial charge in [-0.3, -0.25) is 4.68 Å². The van der Waals surface area contributed by atoms with Gasteiger partial charge in [0.15, 0.2) is 0 Å². The van der Waals surface area contributed by atoms with Gasteiger partial charge in [0.25, 0.3) is 0 Å². The summed E-state index contributed by atoms with van der Waals surface area (Å²) in [7, 11) is 0. The summed E-state index contributed by atoms with van der Waals surface area (Å²) in [5, 5.41) is 8.42. The molecule has 4 rings (SSSR count). The highest BCUT2D eigenvalue weighted by molar-refractivity contribution is 5.28. The third-order valence-electron chi connectivity index (χ3n) is 4.07. The third kappa shape index (κ3) is 1.33. The zero-order valence-electron chi connectivity index (χ0n) is 8.95. The van der Waals surface area contributed by atoms with Crippen LogP contribution >= 0.6 is 0 Å². The Balaban J connectivity index is 1.66. The van der Waals surface area contributed by atoms with E-state index in [4.69, 9.17) is 5.10 Å². The minimum Gasteiger partial charge on any atom is -0.307 e. The zero-order valence-corrected chi connectivity index (χ0v) is 8.95. The molecule has 3 aliphatic rings. The molecule has 0 spiro atoms. The average molecular weight is 203 g/mol. The Labute approximate surface area is 89.9 Å². The molecule has 0 unspecified atom stereocenters. The Hall–Kier alpha value is -0.830. The summed E-state index contributed by atoms with van der Waals surface area (Å²) < 4.78 is 2.20. The van der Waals surface area contributed by atoms with Crippen LogP contribution in [0, 0.1) is 5.92 Å². The highest BCUT2D eigenvalue weighted by Gasteiger charge is 2.34. The molecule has 1 aromatic rings. The molecule has 80 valence electrons. The van der Waals surface area contributed by atoms with Crippen LogP contribution in [0.3, 0.4) is 0 Å². The molecule has 1 saturated carbocycles. The fourth-order valence-electron chi connectivity index (χ4n) is 3.04. The molecule has 1 saturated heterocycles. The summed E-state index contributed by atoms with van der Waals surface area (Å²) in [6.45, 7) is 1.16. The summed E-state index contributed by atoms with van der Waals surface area (Å²) in [5.74, 6) is 0.927. The second kappa shape index (κ2) is 2.85. The third-order valence-corrected chi connectivity index (χ3v) is 4.07. The number of aromatic nitrogens is 2. The molecule has 1 aromatic heterocycles. The van der Waals surface area contributed by atoms with Gasteiger partial charge < -0.3 is 5.32 Å². The number of hydrogen-bond donors (Lipinski definition) is 1. The highest BCUT2D eigenvalue weighted by Crippen LogP contribution is 2.36.